The highest BCUT2D eigenvalue weighted by molar-refractivity contribution is 6.34. The molecule has 2 aromatic heterocycles. The Kier molecular flexibility index (Phi) is 10.8. The molecule has 1 aliphatic heterocycles. The van der Waals surface area contributed by atoms with Gasteiger partial charge in [-0.15, -0.1) is 0 Å². The molecule has 0 saturated carbocycles. The van der Waals surface area contributed by atoms with E-state index in [4.69, 9.17) is 21.1 Å². The van der Waals surface area contributed by atoms with Crippen LogP contribution in [-0.2, 0) is 27.9 Å². The molecule has 0 unspecified atom stereocenters. The molecule has 1 N–H and O–H groups in total. The Morgan fingerprint density at radius 1 is 0.904 bits per heavy atom. The highest BCUT2D eigenvalue weighted by atomic mass is 35.5. The van der Waals surface area contributed by atoms with Gasteiger partial charge in [-0.3, -0.25) is 19.1 Å². The Labute approximate surface area is 306 Å². The number of hydrogen-bond acceptors (Lipinski definition) is 8. The zero-order valence-corrected chi connectivity index (χ0v) is 31.3. The second-order valence-corrected chi connectivity index (χ2v) is 14.9. The number of imidazole rings is 1. The molecule has 4 aromatic rings. The second kappa shape index (κ2) is 14.8. The first kappa shape index (κ1) is 38.0. The summed E-state index contributed by atoms with van der Waals surface area (Å²) in [5.41, 5.74) is 1.74. The number of benzene rings is 2. The molecule has 3 heterocycles. The fourth-order valence-corrected chi connectivity index (χ4v) is 5.95. The minimum Gasteiger partial charge on any atom is -0.459 e. The van der Waals surface area contributed by atoms with Gasteiger partial charge in [-0.05, 0) is 72.7 Å². The van der Waals surface area contributed by atoms with Crippen molar-refractivity contribution in [3.63, 3.8) is 0 Å². The van der Waals surface area contributed by atoms with Crippen LogP contribution in [0.25, 0.3) is 22.4 Å². The van der Waals surface area contributed by atoms with Crippen molar-refractivity contribution in [3.8, 4) is 22.4 Å². The summed E-state index contributed by atoms with van der Waals surface area (Å²) in [6.07, 6.45) is 2.66. The third-order valence-electron chi connectivity index (χ3n) is 8.08. The van der Waals surface area contributed by atoms with Gasteiger partial charge in [0.1, 0.15) is 23.6 Å². The predicted molar refractivity (Wildman–Crippen MR) is 194 cm³/mol. The number of rotatable bonds is 7. The largest absolute Gasteiger partial charge is 0.459 e. The molecule has 13 nitrogen and oxygen atoms in total. The van der Waals surface area contributed by atoms with Crippen LogP contribution in [0.5, 0.6) is 0 Å². The van der Waals surface area contributed by atoms with Crippen LogP contribution in [-0.4, -0.2) is 90.4 Å². The highest BCUT2D eigenvalue weighted by Gasteiger charge is 2.29. The second-order valence-electron chi connectivity index (χ2n) is 14.5. The van der Waals surface area contributed by atoms with Gasteiger partial charge in [0, 0.05) is 61.8 Å². The van der Waals surface area contributed by atoms with Gasteiger partial charge >= 0.3 is 12.1 Å². The lowest BCUT2D eigenvalue weighted by Crippen LogP contribution is -2.51. The number of ether oxygens (including phenoxy) is 2. The van der Waals surface area contributed by atoms with Gasteiger partial charge in [-0.2, -0.15) is 5.10 Å². The smallest absolute Gasteiger partial charge is 0.410 e. The molecule has 3 amide bonds. The van der Waals surface area contributed by atoms with Gasteiger partial charge in [-0.1, -0.05) is 23.7 Å². The summed E-state index contributed by atoms with van der Waals surface area (Å²) in [4.78, 5) is 58.6. The van der Waals surface area contributed by atoms with E-state index in [0.29, 0.717) is 59.9 Å². The van der Waals surface area contributed by atoms with Crippen molar-refractivity contribution in [1.82, 2.24) is 29.1 Å². The van der Waals surface area contributed by atoms with E-state index in [-0.39, 0.29) is 28.9 Å². The standard InChI is InChI=1S/C37H43ClFN7O6/c1-22-27(20-46(42-22)21-31(47)51-36(2,3)4)25-11-9-23(17-29(25)39)30-19-40-32(43(30)8)33(48)41-24-10-12-26(28(38)18-24)34(49)44-13-15-45(16-14-44)35(50)52-37(5,6)7/h9-12,17-20H,13-16,21H2,1-8H3,(H,41,48). The van der Waals surface area contributed by atoms with Crippen molar-refractivity contribution < 1.29 is 33.0 Å². The molecule has 0 spiro atoms. The summed E-state index contributed by atoms with van der Waals surface area (Å²) in [6.45, 7) is 13.7. The van der Waals surface area contributed by atoms with Crippen LogP contribution >= 0.6 is 11.6 Å². The number of halogens is 2. The zero-order valence-electron chi connectivity index (χ0n) is 30.5. The molecule has 1 aliphatic rings. The average molecular weight is 736 g/mol. The number of piperazine rings is 1. The first-order chi connectivity index (χ1) is 24.3. The Hall–Kier alpha value is -5.24. The lowest BCUT2D eigenvalue weighted by molar-refractivity contribution is -0.155. The van der Waals surface area contributed by atoms with E-state index in [2.05, 4.69) is 15.4 Å². The summed E-state index contributed by atoms with van der Waals surface area (Å²) in [5.74, 6) is -1.72. The number of nitrogens with zero attached hydrogens (tertiary/aromatic N) is 6. The monoisotopic (exact) mass is 735 g/mol. The van der Waals surface area contributed by atoms with Crippen molar-refractivity contribution in [1.29, 1.82) is 0 Å². The van der Waals surface area contributed by atoms with Gasteiger partial charge in [-0.25, -0.2) is 14.2 Å². The number of aromatic nitrogens is 4. The molecule has 1 fully saturated rings. The lowest BCUT2D eigenvalue weighted by atomic mass is 10.0. The molecule has 15 heteroatoms. The number of carbonyl (C=O) groups excluding carboxylic acids is 4. The third-order valence-corrected chi connectivity index (χ3v) is 8.39. The molecule has 2 aromatic carbocycles. The van der Waals surface area contributed by atoms with Gasteiger partial charge in [0.2, 0.25) is 0 Å². The van der Waals surface area contributed by atoms with Crippen LogP contribution in [0.4, 0.5) is 14.9 Å². The highest BCUT2D eigenvalue weighted by Crippen LogP contribution is 2.30. The fourth-order valence-electron chi connectivity index (χ4n) is 5.69. The van der Waals surface area contributed by atoms with Crippen LogP contribution in [0.3, 0.4) is 0 Å². The minimum atomic E-state index is -0.636. The van der Waals surface area contributed by atoms with Gasteiger partial charge in [0.25, 0.3) is 11.8 Å². The topological polar surface area (TPSA) is 141 Å². The molecular weight excluding hydrogens is 693 g/mol. The van der Waals surface area contributed by atoms with Crippen molar-refractivity contribution in [3.05, 3.63) is 76.7 Å². The minimum absolute atomic E-state index is 0.0675. The number of aryl methyl sites for hydroxylation is 1. The van der Waals surface area contributed by atoms with E-state index in [1.807, 2.05) is 0 Å². The number of carbonyl (C=O) groups is 4. The van der Waals surface area contributed by atoms with Crippen LogP contribution in [0.15, 0.2) is 48.8 Å². The van der Waals surface area contributed by atoms with Crippen LogP contribution < -0.4 is 5.32 Å². The summed E-state index contributed by atoms with van der Waals surface area (Å²) in [5, 5.41) is 7.26. The van der Waals surface area contributed by atoms with E-state index in [1.165, 1.54) is 29.1 Å². The summed E-state index contributed by atoms with van der Waals surface area (Å²) in [6, 6.07) is 9.28. The van der Waals surface area contributed by atoms with E-state index in [0.717, 1.165) is 0 Å². The molecule has 0 radical (unpaired) electrons. The van der Waals surface area contributed by atoms with E-state index in [9.17, 15) is 19.2 Å². The van der Waals surface area contributed by atoms with Crippen LogP contribution in [0.1, 0.15) is 68.2 Å². The van der Waals surface area contributed by atoms with Gasteiger partial charge in [0.05, 0.1) is 28.2 Å². The van der Waals surface area contributed by atoms with Gasteiger partial charge < -0.3 is 29.2 Å². The molecule has 0 bridgehead atoms. The molecule has 0 aliphatic carbocycles. The molecule has 5 rings (SSSR count). The van der Waals surface area contributed by atoms with Crippen LogP contribution in [0.2, 0.25) is 5.02 Å². The van der Waals surface area contributed by atoms with Crippen molar-refractivity contribution in [2.24, 2.45) is 7.05 Å². The number of amides is 3. The van der Waals surface area contributed by atoms with Crippen molar-refractivity contribution in [2.75, 3.05) is 31.5 Å². The first-order valence-corrected chi connectivity index (χ1v) is 17.1. The quantitative estimate of drug-likeness (QED) is 0.217. The summed E-state index contributed by atoms with van der Waals surface area (Å²) < 4.78 is 29.3. The SMILES string of the molecule is Cc1nn(CC(=O)OC(C)(C)C)cc1-c1ccc(-c2cnc(C(=O)Nc3ccc(C(=O)N4CCN(C(=O)OC(C)(C)C)CC4)c(Cl)c3)n2C)cc1F. The third kappa shape index (κ3) is 8.97. The van der Waals surface area contributed by atoms with Crippen LogP contribution in [0, 0.1) is 12.7 Å². The number of nitrogens with one attached hydrogen (secondary N) is 1. The number of hydrogen-bond donors (Lipinski definition) is 1. The molecule has 0 atom stereocenters. The summed E-state index contributed by atoms with van der Waals surface area (Å²) in [7, 11) is 1.64. The Balaban J connectivity index is 1.23. The molecular formula is C37H43ClFN7O6. The van der Waals surface area contributed by atoms with E-state index >= 15 is 4.39 Å². The normalized spacial score (nSPS) is 13.6. The average Bonchev–Trinajstić information content (AvgIpc) is 3.60. The predicted octanol–water partition coefficient (Wildman–Crippen LogP) is 6.34. The first-order valence-electron chi connectivity index (χ1n) is 16.8. The number of esters is 1. The lowest BCUT2D eigenvalue weighted by Gasteiger charge is -2.35. The Bertz CT molecular complexity index is 2020. The number of anilines is 1. The Morgan fingerprint density at radius 2 is 1.56 bits per heavy atom. The van der Waals surface area contributed by atoms with E-state index < -0.39 is 35.0 Å². The maximum Gasteiger partial charge on any atom is 0.410 e. The Morgan fingerprint density at radius 3 is 2.17 bits per heavy atom. The zero-order chi connectivity index (χ0) is 38.1. The van der Waals surface area contributed by atoms with Crippen molar-refractivity contribution in [2.45, 2.75) is 66.2 Å². The van der Waals surface area contributed by atoms with Gasteiger partial charge in [0.15, 0.2) is 5.82 Å². The van der Waals surface area contributed by atoms with E-state index in [1.54, 1.807) is 94.3 Å². The summed E-state index contributed by atoms with van der Waals surface area (Å²) >= 11 is 6.50. The molecule has 276 valence electrons. The maximum absolute atomic E-state index is 15.5. The molecule has 1 saturated heterocycles. The van der Waals surface area contributed by atoms with Crippen molar-refractivity contribution >= 4 is 41.2 Å². The molecule has 52 heavy (non-hydrogen) atoms. The maximum atomic E-state index is 15.5. The fraction of sp³-hybridized carbons (Fsp3) is 0.405.